The van der Waals surface area contributed by atoms with Gasteiger partial charge in [0.1, 0.15) is 0 Å². The minimum atomic E-state index is -2.91. The molecule has 0 aliphatic heterocycles. The van der Waals surface area contributed by atoms with Crippen LogP contribution in [-0.2, 0) is 38.1 Å². The molecule has 0 heterocycles. The lowest BCUT2D eigenvalue weighted by molar-refractivity contribution is -0.188. The molecule has 96 valence electrons. The monoisotopic (exact) mass is 248 g/mol. The van der Waals surface area contributed by atoms with Crippen LogP contribution in [0.3, 0.4) is 0 Å². The van der Waals surface area contributed by atoms with Gasteiger partial charge >= 0.3 is 29.3 Å². The highest BCUT2D eigenvalue weighted by Crippen LogP contribution is 2.25. The highest BCUT2D eigenvalue weighted by atomic mass is 16.6. The highest BCUT2D eigenvalue weighted by Gasteiger charge is 2.65. The Hall–Kier alpha value is -2.12. The first-order chi connectivity index (χ1) is 7.93. The van der Waals surface area contributed by atoms with Crippen molar-refractivity contribution in [2.24, 2.45) is 5.41 Å². The van der Waals surface area contributed by atoms with Crippen LogP contribution >= 0.6 is 0 Å². The molecule has 0 aromatic carbocycles. The molecule has 0 atom stereocenters. The van der Waals surface area contributed by atoms with Gasteiger partial charge in [-0.3, -0.25) is 0 Å². The number of hydrogen-bond donors (Lipinski definition) is 0. The maximum absolute atomic E-state index is 11.5. The normalized spacial score (nSPS) is 10.1. The Bertz CT molecular complexity index is 275. The van der Waals surface area contributed by atoms with Gasteiger partial charge in [0.25, 0.3) is 0 Å². The summed E-state index contributed by atoms with van der Waals surface area (Å²) >= 11 is 0. The van der Waals surface area contributed by atoms with Crippen molar-refractivity contribution in [3.63, 3.8) is 0 Å². The van der Waals surface area contributed by atoms with E-state index in [1.54, 1.807) is 0 Å². The van der Waals surface area contributed by atoms with Crippen molar-refractivity contribution in [2.75, 3.05) is 28.4 Å². The van der Waals surface area contributed by atoms with Crippen LogP contribution in [0, 0.1) is 5.41 Å². The van der Waals surface area contributed by atoms with E-state index in [-0.39, 0.29) is 0 Å². The zero-order valence-electron chi connectivity index (χ0n) is 9.77. The molecule has 0 rings (SSSR count). The van der Waals surface area contributed by atoms with Crippen molar-refractivity contribution in [2.45, 2.75) is 0 Å². The fourth-order valence-corrected chi connectivity index (χ4v) is 1.11. The Labute approximate surface area is 96.8 Å². The van der Waals surface area contributed by atoms with Gasteiger partial charge in [0, 0.05) is 0 Å². The lowest BCUT2D eigenvalue weighted by Crippen LogP contribution is -2.54. The summed E-state index contributed by atoms with van der Waals surface area (Å²) in [5.41, 5.74) is -2.91. The minimum Gasteiger partial charge on any atom is -0.467 e. The Morgan fingerprint density at radius 3 is 0.882 bits per heavy atom. The molecule has 0 unspecified atom stereocenters. The molecule has 0 saturated carbocycles. The van der Waals surface area contributed by atoms with E-state index in [1.165, 1.54) is 0 Å². The van der Waals surface area contributed by atoms with E-state index in [1.807, 2.05) is 0 Å². The van der Waals surface area contributed by atoms with E-state index in [0.29, 0.717) is 0 Å². The molecule has 8 nitrogen and oxygen atoms in total. The molecular weight excluding hydrogens is 236 g/mol. The van der Waals surface area contributed by atoms with Crippen LogP contribution in [0.15, 0.2) is 0 Å². The molecule has 0 N–H and O–H groups in total. The number of ether oxygens (including phenoxy) is 4. The SMILES string of the molecule is COC(=O)C(C(=O)OC)(C(=O)OC)C(=O)OC. The molecule has 0 aliphatic rings. The van der Waals surface area contributed by atoms with Gasteiger partial charge in [-0.15, -0.1) is 0 Å². The summed E-state index contributed by atoms with van der Waals surface area (Å²) in [5.74, 6) is -5.77. The Balaban J connectivity index is 5.88. The number of carbonyl (C=O) groups excluding carboxylic acids is 4. The van der Waals surface area contributed by atoms with Crippen LogP contribution in [0.25, 0.3) is 0 Å². The first-order valence-corrected chi connectivity index (χ1v) is 4.27. The lowest BCUT2D eigenvalue weighted by Gasteiger charge is -2.22. The average Bonchev–Trinajstić information content (AvgIpc) is 2.37. The third kappa shape index (κ3) is 2.19. The maximum Gasteiger partial charge on any atom is 0.355 e. The minimum absolute atomic E-state index is 0.895. The van der Waals surface area contributed by atoms with E-state index in [2.05, 4.69) is 18.9 Å². The van der Waals surface area contributed by atoms with Gasteiger partial charge in [-0.2, -0.15) is 0 Å². The van der Waals surface area contributed by atoms with Gasteiger partial charge < -0.3 is 18.9 Å². The first-order valence-electron chi connectivity index (χ1n) is 4.27. The van der Waals surface area contributed by atoms with E-state index in [4.69, 9.17) is 0 Å². The Morgan fingerprint density at radius 1 is 0.588 bits per heavy atom. The number of methoxy groups -OCH3 is 4. The van der Waals surface area contributed by atoms with Crippen molar-refractivity contribution in [3.8, 4) is 0 Å². The zero-order valence-corrected chi connectivity index (χ0v) is 9.77. The summed E-state index contributed by atoms with van der Waals surface area (Å²) in [7, 11) is 3.58. The van der Waals surface area contributed by atoms with E-state index < -0.39 is 29.3 Å². The smallest absolute Gasteiger partial charge is 0.355 e. The first kappa shape index (κ1) is 14.9. The predicted molar refractivity (Wildman–Crippen MR) is 50.5 cm³/mol. The third-order valence-corrected chi connectivity index (χ3v) is 1.97. The molecule has 0 spiro atoms. The van der Waals surface area contributed by atoms with Crippen molar-refractivity contribution in [1.82, 2.24) is 0 Å². The third-order valence-electron chi connectivity index (χ3n) is 1.97. The Kier molecular flexibility index (Phi) is 5.10. The second kappa shape index (κ2) is 5.83. The zero-order chi connectivity index (χ0) is 13.6. The molecule has 0 bridgehead atoms. The summed E-state index contributed by atoms with van der Waals surface area (Å²) in [6.45, 7) is 0. The van der Waals surface area contributed by atoms with Crippen LogP contribution < -0.4 is 0 Å². The fraction of sp³-hybridized carbons (Fsp3) is 0.556. The van der Waals surface area contributed by atoms with Gasteiger partial charge in [0.2, 0.25) is 0 Å². The summed E-state index contributed by atoms with van der Waals surface area (Å²) in [6.07, 6.45) is 0. The molecule has 0 saturated heterocycles. The summed E-state index contributed by atoms with van der Waals surface area (Å²) in [5, 5.41) is 0. The standard InChI is InChI=1S/C9H12O8/c1-14-5(10)9(6(11)15-2,7(12)16-3)8(13)17-4/h1-4H3. The van der Waals surface area contributed by atoms with Crippen LogP contribution in [-0.4, -0.2) is 52.3 Å². The molecule has 0 aliphatic carbocycles. The summed E-state index contributed by atoms with van der Waals surface area (Å²) < 4.78 is 17.0. The topological polar surface area (TPSA) is 105 Å². The largest absolute Gasteiger partial charge is 0.467 e. The van der Waals surface area contributed by atoms with Gasteiger partial charge in [-0.1, -0.05) is 0 Å². The van der Waals surface area contributed by atoms with E-state index in [0.717, 1.165) is 28.4 Å². The van der Waals surface area contributed by atoms with Crippen molar-refractivity contribution >= 4 is 23.9 Å². The molecule has 0 aromatic heterocycles. The second-order valence-electron chi connectivity index (χ2n) is 2.72. The molecule has 0 radical (unpaired) electrons. The number of rotatable bonds is 4. The number of esters is 4. The van der Waals surface area contributed by atoms with Crippen LogP contribution in [0.4, 0.5) is 0 Å². The van der Waals surface area contributed by atoms with E-state index in [9.17, 15) is 19.2 Å². The maximum atomic E-state index is 11.5. The average molecular weight is 248 g/mol. The lowest BCUT2D eigenvalue weighted by atomic mass is 9.88. The van der Waals surface area contributed by atoms with Gasteiger partial charge in [0.15, 0.2) is 0 Å². The molecule has 17 heavy (non-hydrogen) atoms. The number of carbonyl (C=O) groups is 4. The quantitative estimate of drug-likeness (QED) is 0.342. The van der Waals surface area contributed by atoms with Crippen molar-refractivity contribution in [3.05, 3.63) is 0 Å². The van der Waals surface area contributed by atoms with Crippen LogP contribution in [0.2, 0.25) is 0 Å². The predicted octanol–water partition coefficient (Wildman–Crippen LogP) is -1.34. The van der Waals surface area contributed by atoms with Crippen molar-refractivity contribution < 1.29 is 38.1 Å². The molecule has 0 amide bonds. The van der Waals surface area contributed by atoms with Crippen LogP contribution in [0.5, 0.6) is 0 Å². The Morgan fingerprint density at radius 2 is 0.765 bits per heavy atom. The highest BCUT2D eigenvalue weighted by molar-refractivity contribution is 6.32. The summed E-state index contributed by atoms with van der Waals surface area (Å²) in [4.78, 5) is 46.0. The van der Waals surface area contributed by atoms with E-state index >= 15 is 0 Å². The fourth-order valence-electron chi connectivity index (χ4n) is 1.11. The second-order valence-corrected chi connectivity index (χ2v) is 2.72. The molecule has 8 heteroatoms. The molecular formula is C9H12O8. The van der Waals surface area contributed by atoms with Gasteiger partial charge in [-0.05, 0) is 0 Å². The van der Waals surface area contributed by atoms with Gasteiger partial charge in [0.05, 0.1) is 28.4 Å². The number of hydrogen-bond acceptors (Lipinski definition) is 8. The summed E-state index contributed by atoms with van der Waals surface area (Å²) in [6, 6.07) is 0. The van der Waals surface area contributed by atoms with Gasteiger partial charge in [-0.25, -0.2) is 19.2 Å². The van der Waals surface area contributed by atoms with Crippen molar-refractivity contribution in [1.29, 1.82) is 0 Å². The molecule has 0 aromatic rings. The van der Waals surface area contributed by atoms with Crippen LogP contribution in [0.1, 0.15) is 0 Å². The molecule has 0 fully saturated rings.